The number of carbonyl (C=O) groups excluding carboxylic acids is 2. The number of fused-ring (bicyclic) bond motifs is 1. The Labute approximate surface area is 181 Å². The van der Waals surface area contributed by atoms with Gasteiger partial charge in [0.05, 0.1) is 23.5 Å². The van der Waals surface area contributed by atoms with Crippen LogP contribution in [0.3, 0.4) is 0 Å². The van der Waals surface area contributed by atoms with Crippen molar-refractivity contribution in [3.8, 4) is 17.3 Å². The van der Waals surface area contributed by atoms with Crippen molar-refractivity contribution in [1.82, 2.24) is 25.6 Å². The van der Waals surface area contributed by atoms with Gasteiger partial charge in [-0.05, 0) is 11.6 Å². The molecule has 0 saturated heterocycles. The largest absolute Gasteiger partial charge is 0.354 e. The number of ketones is 1. The number of nitrogens with zero attached hydrogens (tertiary/aromatic N) is 3. The van der Waals surface area contributed by atoms with Crippen molar-refractivity contribution in [2.45, 2.75) is 33.7 Å². The van der Waals surface area contributed by atoms with Gasteiger partial charge in [-0.25, -0.2) is 9.97 Å². The van der Waals surface area contributed by atoms with E-state index in [0.29, 0.717) is 42.1 Å². The third kappa shape index (κ3) is 5.53. The van der Waals surface area contributed by atoms with Crippen LogP contribution in [0.5, 0.6) is 0 Å². The molecular weight excluding hydrogens is 392 g/mol. The fourth-order valence-corrected chi connectivity index (χ4v) is 3.11. The maximum Gasteiger partial charge on any atom is 0.234 e. The molecule has 8 heteroatoms. The molecule has 31 heavy (non-hydrogen) atoms. The second-order valence-electron chi connectivity index (χ2n) is 8.30. The first-order valence-corrected chi connectivity index (χ1v) is 10.1. The van der Waals surface area contributed by atoms with E-state index in [4.69, 9.17) is 10.2 Å². The lowest BCUT2D eigenvalue weighted by Gasteiger charge is -2.15. The molecule has 0 radical (unpaired) electrons. The lowest BCUT2D eigenvalue weighted by atomic mass is 9.87. The standard InChI is InChI=1S/C23H26N6O2/c1-23(2,3)21(31)17-13-27-22-20(17)29-18(14-28-22)16-6-4-5-15(11-16)12-25-9-10-26-19(30)7-8-24/h4-6,11,13-14,25H,7,9-10,12H2,1-3H3,(H,26,30)(H,27,28). The third-order valence-corrected chi connectivity index (χ3v) is 4.72. The third-order valence-electron chi connectivity index (χ3n) is 4.72. The average molecular weight is 419 g/mol. The number of benzene rings is 1. The summed E-state index contributed by atoms with van der Waals surface area (Å²) in [4.78, 5) is 36.2. The monoisotopic (exact) mass is 418 g/mol. The predicted octanol–water partition coefficient (Wildman–Crippen LogP) is 2.97. The van der Waals surface area contributed by atoms with Gasteiger partial charge >= 0.3 is 0 Å². The molecule has 3 aromatic rings. The van der Waals surface area contributed by atoms with Crippen molar-refractivity contribution >= 4 is 22.9 Å². The molecular formula is C23H26N6O2. The number of rotatable bonds is 8. The first kappa shape index (κ1) is 22.1. The number of H-pyrrole nitrogens is 1. The van der Waals surface area contributed by atoms with Crippen LogP contribution in [-0.2, 0) is 11.3 Å². The smallest absolute Gasteiger partial charge is 0.234 e. The molecule has 1 amide bonds. The Balaban J connectivity index is 1.71. The molecule has 2 aromatic heterocycles. The van der Waals surface area contributed by atoms with Crippen molar-refractivity contribution in [2.24, 2.45) is 5.41 Å². The van der Waals surface area contributed by atoms with E-state index in [-0.39, 0.29) is 18.1 Å². The Morgan fingerprint density at radius 2 is 2.03 bits per heavy atom. The number of aromatic amines is 1. The molecule has 1 aromatic carbocycles. The Bertz CT molecular complexity index is 1140. The van der Waals surface area contributed by atoms with Gasteiger partial charge in [0, 0.05) is 36.8 Å². The zero-order valence-electron chi connectivity index (χ0n) is 18.0. The molecule has 3 rings (SSSR count). The number of aromatic nitrogens is 3. The van der Waals surface area contributed by atoms with Crippen LogP contribution >= 0.6 is 0 Å². The summed E-state index contributed by atoms with van der Waals surface area (Å²) < 4.78 is 0. The molecule has 160 valence electrons. The van der Waals surface area contributed by atoms with Gasteiger partial charge in [-0.1, -0.05) is 39.0 Å². The molecule has 0 aliphatic carbocycles. The zero-order chi connectivity index (χ0) is 22.4. The Kier molecular flexibility index (Phi) is 6.78. The minimum absolute atomic E-state index is 0.0185. The van der Waals surface area contributed by atoms with Crippen LogP contribution in [0.4, 0.5) is 0 Å². The van der Waals surface area contributed by atoms with Crippen molar-refractivity contribution in [1.29, 1.82) is 5.26 Å². The van der Waals surface area contributed by atoms with Crippen molar-refractivity contribution in [3.63, 3.8) is 0 Å². The minimum Gasteiger partial charge on any atom is -0.354 e. The number of carbonyl (C=O) groups is 2. The van der Waals surface area contributed by atoms with Crippen molar-refractivity contribution in [3.05, 3.63) is 47.8 Å². The molecule has 3 N–H and O–H groups in total. The highest BCUT2D eigenvalue weighted by Gasteiger charge is 2.26. The lowest BCUT2D eigenvalue weighted by molar-refractivity contribution is -0.120. The first-order valence-electron chi connectivity index (χ1n) is 10.1. The van der Waals surface area contributed by atoms with E-state index in [0.717, 1.165) is 11.1 Å². The summed E-state index contributed by atoms with van der Waals surface area (Å²) in [6, 6.07) is 9.75. The summed E-state index contributed by atoms with van der Waals surface area (Å²) in [7, 11) is 0. The van der Waals surface area contributed by atoms with Crippen LogP contribution in [0, 0.1) is 16.7 Å². The van der Waals surface area contributed by atoms with Crippen LogP contribution in [0.1, 0.15) is 43.1 Å². The summed E-state index contributed by atoms with van der Waals surface area (Å²) in [5.74, 6) is -0.251. The maximum absolute atomic E-state index is 12.8. The van der Waals surface area contributed by atoms with Gasteiger partial charge in [-0.15, -0.1) is 0 Å². The lowest BCUT2D eigenvalue weighted by Crippen LogP contribution is -2.31. The van der Waals surface area contributed by atoms with Crippen LogP contribution in [0.15, 0.2) is 36.7 Å². The van der Waals surface area contributed by atoms with E-state index >= 15 is 0 Å². The molecule has 0 fully saturated rings. The van der Waals surface area contributed by atoms with Crippen molar-refractivity contribution in [2.75, 3.05) is 13.1 Å². The molecule has 0 unspecified atom stereocenters. The normalized spacial score (nSPS) is 11.3. The highest BCUT2D eigenvalue weighted by Crippen LogP contribution is 2.27. The van der Waals surface area contributed by atoms with Gasteiger partial charge in [0.1, 0.15) is 11.9 Å². The number of hydrogen-bond acceptors (Lipinski definition) is 6. The van der Waals surface area contributed by atoms with E-state index in [1.165, 1.54) is 0 Å². The molecule has 0 bridgehead atoms. The summed E-state index contributed by atoms with van der Waals surface area (Å²) in [6.45, 7) is 7.33. The fraction of sp³-hybridized carbons (Fsp3) is 0.348. The Hall–Kier alpha value is -3.57. The van der Waals surface area contributed by atoms with Gasteiger partial charge < -0.3 is 15.6 Å². The van der Waals surface area contributed by atoms with Gasteiger partial charge in [0.2, 0.25) is 5.91 Å². The molecule has 0 atom stereocenters. The van der Waals surface area contributed by atoms with Crippen LogP contribution in [-0.4, -0.2) is 39.7 Å². The molecule has 0 spiro atoms. The fourth-order valence-electron chi connectivity index (χ4n) is 3.11. The van der Waals surface area contributed by atoms with Gasteiger partial charge in [-0.2, -0.15) is 5.26 Å². The molecule has 0 aliphatic rings. The van der Waals surface area contributed by atoms with Gasteiger partial charge in [0.25, 0.3) is 0 Å². The van der Waals surface area contributed by atoms with E-state index in [1.807, 2.05) is 51.1 Å². The Morgan fingerprint density at radius 3 is 2.77 bits per heavy atom. The Morgan fingerprint density at radius 1 is 1.23 bits per heavy atom. The topological polar surface area (TPSA) is 124 Å². The quantitative estimate of drug-likeness (QED) is 0.382. The minimum atomic E-state index is -0.507. The van der Waals surface area contributed by atoms with E-state index in [9.17, 15) is 9.59 Å². The number of nitrogens with one attached hydrogen (secondary N) is 3. The predicted molar refractivity (Wildman–Crippen MR) is 118 cm³/mol. The number of Topliss-reactive ketones (excluding diaryl/α,β-unsaturated/α-hetero) is 1. The highest BCUT2D eigenvalue weighted by atomic mass is 16.1. The second-order valence-corrected chi connectivity index (χ2v) is 8.30. The van der Waals surface area contributed by atoms with E-state index in [1.54, 1.807) is 12.4 Å². The highest BCUT2D eigenvalue weighted by molar-refractivity contribution is 6.08. The summed E-state index contributed by atoms with van der Waals surface area (Å²) in [5, 5.41) is 14.4. The summed E-state index contributed by atoms with van der Waals surface area (Å²) in [6.07, 6.45) is 3.25. The first-order chi connectivity index (χ1) is 14.8. The van der Waals surface area contributed by atoms with Crippen LogP contribution in [0.25, 0.3) is 22.4 Å². The maximum atomic E-state index is 12.8. The molecule has 0 aliphatic heterocycles. The average Bonchev–Trinajstić information content (AvgIpc) is 3.15. The second kappa shape index (κ2) is 9.49. The SMILES string of the molecule is CC(C)(C)C(=O)c1c[nH]c2ncc(-c3cccc(CNCCNC(=O)CC#N)c3)nc12. The van der Waals surface area contributed by atoms with Gasteiger partial charge in [0.15, 0.2) is 11.4 Å². The summed E-state index contributed by atoms with van der Waals surface area (Å²) in [5.41, 5.74) is 3.87. The summed E-state index contributed by atoms with van der Waals surface area (Å²) >= 11 is 0. The van der Waals surface area contributed by atoms with Crippen molar-refractivity contribution < 1.29 is 9.59 Å². The molecule has 8 nitrogen and oxygen atoms in total. The van der Waals surface area contributed by atoms with E-state index < -0.39 is 5.41 Å². The van der Waals surface area contributed by atoms with E-state index in [2.05, 4.69) is 20.6 Å². The number of nitriles is 1. The molecule has 2 heterocycles. The zero-order valence-corrected chi connectivity index (χ0v) is 18.0. The number of amides is 1. The number of hydrogen-bond donors (Lipinski definition) is 3. The molecule has 0 saturated carbocycles. The van der Waals surface area contributed by atoms with Crippen LogP contribution in [0.2, 0.25) is 0 Å². The van der Waals surface area contributed by atoms with Gasteiger partial charge in [-0.3, -0.25) is 9.59 Å². The van der Waals surface area contributed by atoms with Crippen LogP contribution < -0.4 is 10.6 Å².